The van der Waals surface area contributed by atoms with Crippen LogP contribution < -0.4 is 5.32 Å². The molecule has 1 N–H and O–H groups in total. The lowest BCUT2D eigenvalue weighted by atomic mass is 9.60. The lowest BCUT2D eigenvalue weighted by Gasteiger charge is -2.49. The number of benzene rings is 1. The van der Waals surface area contributed by atoms with E-state index in [1.54, 1.807) is 4.68 Å². The van der Waals surface area contributed by atoms with E-state index in [0.29, 0.717) is 17.7 Å². The van der Waals surface area contributed by atoms with Gasteiger partial charge in [-0.1, -0.05) is 36.8 Å². The van der Waals surface area contributed by atoms with Crippen LogP contribution in [0, 0.1) is 25.7 Å². The summed E-state index contributed by atoms with van der Waals surface area (Å²) < 4.78 is 1.69. The van der Waals surface area contributed by atoms with Gasteiger partial charge in [-0.25, -0.2) is 9.67 Å². The van der Waals surface area contributed by atoms with Gasteiger partial charge in [0.25, 0.3) is 0 Å². The fourth-order valence-electron chi connectivity index (χ4n) is 4.70. The first-order valence-corrected chi connectivity index (χ1v) is 8.86. The Kier molecular flexibility index (Phi) is 3.87. The lowest BCUT2D eigenvalue weighted by molar-refractivity contribution is -0.124. The van der Waals surface area contributed by atoms with Gasteiger partial charge in [0, 0.05) is 12.0 Å². The molecule has 126 valence electrons. The number of nitrogens with zero attached hydrogens (tertiary/aromatic N) is 3. The van der Waals surface area contributed by atoms with Crippen LogP contribution in [-0.2, 0) is 11.3 Å². The van der Waals surface area contributed by atoms with Crippen molar-refractivity contribution in [1.29, 1.82) is 0 Å². The highest BCUT2D eigenvalue weighted by molar-refractivity contribution is 5.76. The molecule has 2 aliphatic rings. The number of hydrogen-bond acceptors (Lipinski definition) is 3. The number of aryl methyl sites for hydroxylation is 2. The molecule has 0 aliphatic heterocycles. The molecule has 0 radical (unpaired) electrons. The Bertz CT molecular complexity index is 739. The molecule has 2 fully saturated rings. The molecule has 0 spiro atoms. The lowest BCUT2D eigenvalue weighted by Crippen LogP contribution is -2.57. The molecule has 1 aromatic carbocycles. The van der Waals surface area contributed by atoms with Gasteiger partial charge in [-0.05, 0) is 44.1 Å². The van der Waals surface area contributed by atoms with E-state index in [4.69, 9.17) is 0 Å². The second-order valence-electron chi connectivity index (χ2n) is 7.15. The molecule has 24 heavy (non-hydrogen) atoms. The van der Waals surface area contributed by atoms with Crippen molar-refractivity contribution in [2.24, 2.45) is 11.8 Å². The third-order valence-electron chi connectivity index (χ3n) is 5.70. The molecule has 4 rings (SSSR count). The Morgan fingerprint density at radius 1 is 1.21 bits per heavy atom. The van der Waals surface area contributed by atoms with Crippen LogP contribution in [0.25, 0.3) is 0 Å². The predicted molar refractivity (Wildman–Crippen MR) is 91.4 cm³/mol. The molecule has 2 aromatic rings. The van der Waals surface area contributed by atoms with Crippen LogP contribution in [0.1, 0.15) is 42.4 Å². The number of aromatic nitrogens is 3. The molecule has 0 saturated heterocycles. The van der Waals surface area contributed by atoms with Gasteiger partial charge < -0.3 is 5.32 Å². The van der Waals surface area contributed by atoms with Crippen molar-refractivity contribution in [2.75, 3.05) is 0 Å². The van der Waals surface area contributed by atoms with Gasteiger partial charge in [0.1, 0.15) is 18.2 Å². The smallest absolute Gasteiger partial charge is 0.242 e. The van der Waals surface area contributed by atoms with Gasteiger partial charge in [0.15, 0.2) is 0 Å². The molecule has 2 saturated carbocycles. The number of nitrogens with one attached hydrogen (secondary N) is 1. The fourth-order valence-corrected chi connectivity index (χ4v) is 4.70. The van der Waals surface area contributed by atoms with Crippen molar-refractivity contribution >= 4 is 5.91 Å². The normalized spacial score (nSPS) is 28.2. The zero-order valence-corrected chi connectivity index (χ0v) is 14.3. The highest BCUT2D eigenvalue weighted by Gasteiger charge is 2.53. The minimum absolute atomic E-state index is 0.0410. The van der Waals surface area contributed by atoms with Crippen molar-refractivity contribution in [3.8, 4) is 0 Å². The minimum atomic E-state index is 0.0410. The first kappa shape index (κ1) is 15.4. The van der Waals surface area contributed by atoms with Crippen LogP contribution in [0.3, 0.4) is 0 Å². The molecule has 1 heterocycles. The topological polar surface area (TPSA) is 59.8 Å². The average molecular weight is 324 g/mol. The minimum Gasteiger partial charge on any atom is -0.351 e. The third kappa shape index (κ3) is 2.62. The van der Waals surface area contributed by atoms with Gasteiger partial charge >= 0.3 is 0 Å². The Balaban J connectivity index is 1.48. The average Bonchev–Trinajstić information content (AvgIpc) is 3.10. The summed E-state index contributed by atoms with van der Waals surface area (Å²) in [4.78, 5) is 16.8. The number of hydrogen-bond donors (Lipinski definition) is 1. The van der Waals surface area contributed by atoms with Crippen molar-refractivity contribution < 1.29 is 4.79 Å². The Hall–Kier alpha value is -2.17. The summed E-state index contributed by atoms with van der Waals surface area (Å²) in [7, 11) is 0. The second kappa shape index (κ2) is 6.04. The van der Waals surface area contributed by atoms with Crippen LogP contribution >= 0.6 is 0 Å². The highest BCUT2D eigenvalue weighted by atomic mass is 16.2. The summed E-state index contributed by atoms with van der Waals surface area (Å²) >= 11 is 0. The zero-order valence-electron chi connectivity index (χ0n) is 14.3. The van der Waals surface area contributed by atoms with Crippen LogP contribution in [0.2, 0.25) is 0 Å². The summed E-state index contributed by atoms with van der Waals surface area (Å²) in [5.41, 5.74) is 1.36. The van der Waals surface area contributed by atoms with E-state index in [1.165, 1.54) is 24.8 Å². The van der Waals surface area contributed by atoms with Gasteiger partial charge in [0.2, 0.25) is 5.91 Å². The van der Waals surface area contributed by atoms with Gasteiger partial charge in [0.05, 0.1) is 0 Å². The van der Waals surface area contributed by atoms with E-state index in [-0.39, 0.29) is 18.5 Å². The molecule has 0 bridgehead atoms. The first-order chi connectivity index (χ1) is 11.6. The van der Waals surface area contributed by atoms with Gasteiger partial charge in [-0.15, -0.1) is 0 Å². The molecule has 4 atom stereocenters. The molecule has 0 unspecified atom stereocenters. The monoisotopic (exact) mass is 324 g/mol. The number of amides is 1. The highest BCUT2D eigenvalue weighted by Crippen LogP contribution is 2.55. The molecule has 2 aliphatic carbocycles. The van der Waals surface area contributed by atoms with Crippen molar-refractivity contribution in [3.63, 3.8) is 0 Å². The maximum atomic E-state index is 12.5. The summed E-state index contributed by atoms with van der Waals surface area (Å²) in [6, 6.07) is 10.9. The molecule has 5 nitrogen and oxygen atoms in total. The fraction of sp³-hybridized carbons (Fsp3) is 0.526. The van der Waals surface area contributed by atoms with Crippen molar-refractivity contribution in [2.45, 2.75) is 51.6 Å². The largest absolute Gasteiger partial charge is 0.351 e. The molecule has 1 amide bonds. The Labute approximate surface area is 142 Å². The predicted octanol–water partition coefficient (Wildman–Crippen LogP) is 2.59. The standard InChI is InChI=1S/C19H24N4O/c1-12-20-13(2)23(22-12)11-17(24)21-19-16-10-6-9-15(16)18(19)14-7-4-3-5-8-14/h3-5,7-8,15-16,18-19H,6,9-11H2,1-2H3,(H,21,24)/t15-,16-,18-,19-/m1/s1. The number of rotatable bonds is 4. The van der Waals surface area contributed by atoms with Gasteiger partial charge in [-0.3, -0.25) is 4.79 Å². The Morgan fingerprint density at radius 2 is 1.96 bits per heavy atom. The zero-order chi connectivity index (χ0) is 16.7. The summed E-state index contributed by atoms with van der Waals surface area (Å²) in [5.74, 6) is 3.36. The van der Waals surface area contributed by atoms with Crippen LogP contribution in [0.5, 0.6) is 0 Å². The SMILES string of the molecule is Cc1nc(C)n(CC(=O)N[C@@H]2[C@@H]3CCC[C@H]3[C@H]2c2ccccc2)n1. The van der Waals surface area contributed by atoms with E-state index in [1.807, 2.05) is 13.8 Å². The third-order valence-corrected chi connectivity index (χ3v) is 5.70. The van der Waals surface area contributed by atoms with Crippen molar-refractivity contribution in [3.05, 3.63) is 47.5 Å². The molecule has 1 aromatic heterocycles. The molecule has 5 heteroatoms. The summed E-state index contributed by atoms with van der Waals surface area (Å²) in [6.45, 7) is 3.99. The van der Waals surface area contributed by atoms with E-state index < -0.39 is 0 Å². The summed E-state index contributed by atoms with van der Waals surface area (Å²) in [6.07, 6.45) is 3.81. The van der Waals surface area contributed by atoms with E-state index >= 15 is 0 Å². The summed E-state index contributed by atoms with van der Waals surface area (Å²) in [5, 5.41) is 7.58. The Morgan fingerprint density at radius 3 is 2.67 bits per heavy atom. The first-order valence-electron chi connectivity index (χ1n) is 8.86. The second-order valence-corrected chi connectivity index (χ2v) is 7.15. The van der Waals surface area contributed by atoms with Crippen LogP contribution in [0.15, 0.2) is 30.3 Å². The van der Waals surface area contributed by atoms with Crippen molar-refractivity contribution in [1.82, 2.24) is 20.1 Å². The molecular formula is C19H24N4O. The van der Waals surface area contributed by atoms with Gasteiger partial charge in [-0.2, -0.15) is 5.10 Å². The van der Waals surface area contributed by atoms with E-state index in [0.717, 1.165) is 11.7 Å². The number of fused-ring (bicyclic) bond motifs is 1. The van der Waals surface area contributed by atoms with Crippen LogP contribution in [-0.4, -0.2) is 26.7 Å². The quantitative estimate of drug-likeness (QED) is 0.940. The van der Waals surface area contributed by atoms with E-state index in [9.17, 15) is 4.79 Å². The molecular weight excluding hydrogens is 300 g/mol. The number of carbonyl (C=O) groups excluding carboxylic acids is 1. The van der Waals surface area contributed by atoms with Crippen LogP contribution in [0.4, 0.5) is 0 Å². The van der Waals surface area contributed by atoms with E-state index in [2.05, 4.69) is 45.7 Å². The maximum absolute atomic E-state index is 12.5. The number of carbonyl (C=O) groups is 1. The maximum Gasteiger partial charge on any atom is 0.242 e.